The zero-order valence-corrected chi connectivity index (χ0v) is 10.9. The summed E-state index contributed by atoms with van der Waals surface area (Å²) in [5.74, 6) is 0.783. The largest absolute Gasteiger partial charge is 0.398 e. The first kappa shape index (κ1) is 12.9. The van der Waals surface area contributed by atoms with Gasteiger partial charge in [-0.05, 0) is 26.0 Å². The van der Waals surface area contributed by atoms with Crippen molar-refractivity contribution in [2.75, 3.05) is 12.3 Å². The summed E-state index contributed by atoms with van der Waals surface area (Å²) in [6.45, 7) is 4.34. The van der Waals surface area contributed by atoms with Gasteiger partial charge in [0.25, 0.3) is 5.89 Å². The zero-order chi connectivity index (χ0) is 13.1. The van der Waals surface area contributed by atoms with Gasteiger partial charge in [-0.15, -0.1) is 0 Å². The minimum atomic E-state index is -0.226. The van der Waals surface area contributed by atoms with E-state index in [2.05, 4.69) is 10.1 Å². The summed E-state index contributed by atoms with van der Waals surface area (Å²) < 4.78 is 10.6. The second-order valence-corrected chi connectivity index (χ2v) is 4.17. The molecule has 2 rings (SSSR count). The number of benzene rings is 1. The number of hydrogen-bond donors (Lipinski definition) is 1. The van der Waals surface area contributed by atoms with Crippen molar-refractivity contribution >= 4 is 17.3 Å². The van der Waals surface area contributed by atoms with Crippen molar-refractivity contribution < 1.29 is 9.26 Å². The summed E-state index contributed by atoms with van der Waals surface area (Å²) in [4.78, 5) is 4.25. The van der Waals surface area contributed by atoms with Crippen LogP contribution in [0.2, 0.25) is 5.02 Å². The molecule has 0 saturated heterocycles. The Morgan fingerprint density at radius 3 is 2.94 bits per heavy atom. The Hall–Kier alpha value is -1.59. The third-order valence-electron chi connectivity index (χ3n) is 2.48. The van der Waals surface area contributed by atoms with Crippen molar-refractivity contribution in [3.8, 4) is 11.5 Å². The number of halogens is 1. The number of nitrogens with zero attached hydrogens (tertiary/aromatic N) is 2. The van der Waals surface area contributed by atoms with E-state index >= 15 is 0 Å². The van der Waals surface area contributed by atoms with Crippen LogP contribution >= 0.6 is 11.6 Å². The van der Waals surface area contributed by atoms with Crippen molar-refractivity contribution in [2.24, 2.45) is 0 Å². The minimum absolute atomic E-state index is 0.226. The van der Waals surface area contributed by atoms with E-state index in [1.165, 1.54) is 0 Å². The lowest BCUT2D eigenvalue weighted by Crippen LogP contribution is -2.01. The van der Waals surface area contributed by atoms with Crippen molar-refractivity contribution in [1.82, 2.24) is 10.1 Å². The van der Waals surface area contributed by atoms with E-state index < -0.39 is 0 Å². The highest BCUT2D eigenvalue weighted by molar-refractivity contribution is 6.33. The number of nitrogens with two attached hydrogens (primary N) is 1. The summed E-state index contributed by atoms with van der Waals surface area (Å²) in [7, 11) is 0. The number of aromatic nitrogens is 2. The first-order valence-electron chi connectivity index (χ1n) is 5.63. The maximum absolute atomic E-state index is 6.08. The SMILES string of the molecule is CCOC(C)c1noc(-c2c(N)cccc2Cl)n1. The molecular formula is C12H14ClN3O2. The highest BCUT2D eigenvalue weighted by Crippen LogP contribution is 2.32. The fourth-order valence-electron chi connectivity index (χ4n) is 1.59. The molecule has 0 aliphatic heterocycles. The average Bonchev–Trinajstić information content (AvgIpc) is 2.78. The van der Waals surface area contributed by atoms with Gasteiger partial charge in [0.05, 0.1) is 10.6 Å². The molecule has 1 aromatic heterocycles. The lowest BCUT2D eigenvalue weighted by molar-refractivity contribution is 0.0683. The average molecular weight is 268 g/mol. The Morgan fingerprint density at radius 1 is 1.50 bits per heavy atom. The topological polar surface area (TPSA) is 74.2 Å². The fourth-order valence-corrected chi connectivity index (χ4v) is 1.86. The van der Waals surface area contributed by atoms with Gasteiger partial charge in [0.1, 0.15) is 6.10 Å². The minimum Gasteiger partial charge on any atom is -0.398 e. The highest BCUT2D eigenvalue weighted by Gasteiger charge is 2.18. The van der Waals surface area contributed by atoms with Crippen molar-refractivity contribution in [3.05, 3.63) is 29.0 Å². The van der Waals surface area contributed by atoms with E-state index in [0.29, 0.717) is 34.6 Å². The standard InChI is InChI=1S/C12H14ClN3O2/c1-3-17-7(2)11-15-12(18-16-11)10-8(13)5-4-6-9(10)14/h4-7H,3,14H2,1-2H3. The summed E-state index contributed by atoms with van der Waals surface area (Å²) in [5.41, 5.74) is 6.91. The normalized spacial score (nSPS) is 12.6. The number of ether oxygens (including phenoxy) is 1. The molecule has 1 aromatic carbocycles. The molecule has 0 aliphatic carbocycles. The van der Waals surface area contributed by atoms with Gasteiger partial charge in [-0.3, -0.25) is 0 Å². The van der Waals surface area contributed by atoms with E-state index in [9.17, 15) is 0 Å². The van der Waals surface area contributed by atoms with E-state index in [4.69, 9.17) is 26.6 Å². The third-order valence-corrected chi connectivity index (χ3v) is 2.80. The van der Waals surface area contributed by atoms with Crippen LogP contribution in [0.3, 0.4) is 0 Å². The summed E-state index contributed by atoms with van der Waals surface area (Å²) >= 11 is 6.08. The van der Waals surface area contributed by atoms with Gasteiger partial charge in [0, 0.05) is 12.3 Å². The molecule has 1 unspecified atom stereocenters. The Labute approximate surface area is 110 Å². The predicted molar refractivity (Wildman–Crippen MR) is 69.2 cm³/mol. The Morgan fingerprint density at radius 2 is 2.28 bits per heavy atom. The summed E-state index contributed by atoms with van der Waals surface area (Å²) in [5, 5.41) is 4.35. The van der Waals surface area contributed by atoms with Crippen LogP contribution in [0.1, 0.15) is 25.8 Å². The maximum Gasteiger partial charge on any atom is 0.261 e. The van der Waals surface area contributed by atoms with E-state index in [1.54, 1.807) is 18.2 Å². The van der Waals surface area contributed by atoms with Crippen molar-refractivity contribution in [3.63, 3.8) is 0 Å². The van der Waals surface area contributed by atoms with Gasteiger partial charge in [-0.2, -0.15) is 4.98 Å². The third kappa shape index (κ3) is 2.47. The molecule has 0 saturated carbocycles. The number of anilines is 1. The van der Waals surface area contributed by atoms with Gasteiger partial charge in [-0.25, -0.2) is 0 Å². The second-order valence-electron chi connectivity index (χ2n) is 3.76. The molecule has 0 radical (unpaired) electrons. The van der Waals surface area contributed by atoms with Crippen LogP contribution in [0.4, 0.5) is 5.69 Å². The van der Waals surface area contributed by atoms with Crippen LogP contribution in [0.5, 0.6) is 0 Å². The molecule has 1 heterocycles. The number of rotatable bonds is 4. The molecule has 5 nitrogen and oxygen atoms in total. The molecule has 0 aliphatic rings. The van der Waals surface area contributed by atoms with Crippen LogP contribution in [0, 0.1) is 0 Å². The maximum atomic E-state index is 6.08. The highest BCUT2D eigenvalue weighted by atomic mass is 35.5. The van der Waals surface area contributed by atoms with E-state index in [-0.39, 0.29) is 6.10 Å². The Kier molecular flexibility index (Phi) is 3.84. The van der Waals surface area contributed by atoms with Gasteiger partial charge >= 0.3 is 0 Å². The molecule has 0 bridgehead atoms. The molecule has 96 valence electrons. The predicted octanol–water partition coefficient (Wildman–Crippen LogP) is 3.07. The van der Waals surface area contributed by atoms with Crippen LogP contribution < -0.4 is 5.73 Å². The first-order valence-corrected chi connectivity index (χ1v) is 6.00. The number of hydrogen-bond acceptors (Lipinski definition) is 5. The van der Waals surface area contributed by atoms with Gasteiger partial charge in [0.15, 0.2) is 0 Å². The monoisotopic (exact) mass is 267 g/mol. The zero-order valence-electron chi connectivity index (χ0n) is 10.2. The Balaban J connectivity index is 2.35. The Bertz CT molecular complexity index is 522. The van der Waals surface area contributed by atoms with E-state index in [0.717, 1.165) is 0 Å². The molecule has 18 heavy (non-hydrogen) atoms. The summed E-state index contributed by atoms with van der Waals surface area (Å²) in [6.07, 6.45) is -0.226. The van der Waals surface area contributed by atoms with Gasteiger partial charge in [-0.1, -0.05) is 22.8 Å². The smallest absolute Gasteiger partial charge is 0.261 e. The van der Waals surface area contributed by atoms with Crippen LogP contribution in [0.15, 0.2) is 22.7 Å². The molecule has 0 spiro atoms. The van der Waals surface area contributed by atoms with Gasteiger partial charge in [0.2, 0.25) is 5.82 Å². The molecular weight excluding hydrogens is 254 g/mol. The molecule has 0 fully saturated rings. The van der Waals surface area contributed by atoms with Crippen molar-refractivity contribution in [1.29, 1.82) is 0 Å². The summed E-state index contributed by atoms with van der Waals surface area (Å²) in [6, 6.07) is 5.22. The first-order chi connectivity index (χ1) is 8.63. The van der Waals surface area contributed by atoms with Gasteiger partial charge < -0.3 is 15.0 Å². The quantitative estimate of drug-likeness (QED) is 0.862. The lowest BCUT2D eigenvalue weighted by atomic mass is 10.2. The number of nitrogen functional groups attached to an aromatic ring is 1. The molecule has 6 heteroatoms. The molecule has 0 amide bonds. The fraction of sp³-hybridized carbons (Fsp3) is 0.333. The van der Waals surface area contributed by atoms with Crippen LogP contribution in [-0.2, 0) is 4.74 Å². The van der Waals surface area contributed by atoms with Crippen LogP contribution in [0.25, 0.3) is 11.5 Å². The van der Waals surface area contributed by atoms with E-state index in [1.807, 2.05) is 13.8 Å². The lowest BCUT2D eigenvalue weighted by Gasteiger charge is -2.05. The van der Waals surface area contributed by atoms with Crippen LogP contribution in [-0.4, -0.2) is 16.7 Å². The van der Waals surface area contributed by atoms with Crippen molar-refractivity contribution in [2.45, 2.75) is 20.0 Å². The molecule has 2 N–H and O–H groups in total. The second kappa shape index (κ2) is 5.37. The molecule has 1 atom stereocenters. The molecule has 2 aromatic rings.